The summed E-state index contributed by atoms with van der Waals surface area (Å²) in [6, 6.07) is 16.2. The average Bonchev–Trinajstić information content (AvgIpc) is 3.19. The highest BCUT2D eigenvalue weighted by atomic mass is 16.7. The Balaban J connectivity index is 1.71. The Labute approximate surface area is 168 Å². The summed E-state index contributed by atoms with van der Waals surface area (Å²) in [4.78, 5) is 15.1. The van der Waals surface area contributed by atoms with Gasteiger partial charge in [0.25, 0.3) is 0 Å². The Hall–Kier alpha value is -2.49. The van der Waals surface area contributed by atoms with Crippen molar-refractivity contribution in [3.05, 3.63) is 59.7 Å². The van der Waals surface area contributed by atoms with E-state index < -0.39 is 0 Å². The zero-order valence-electron chi connectivity index (χ0n) is 17.0. The lowest BCUT2D eigenvalue weighted by atomic mass is 10.0. The van der Waals surface area contributed by atoms with Crippen LogP contribution in [0.5, 0.6) is 11.5 Å². The largest absolute Gasteiger partial charge is 0.454 e. The second-order valence-corrected chi connectivity index (χ2v) is 7.46. The van der Waals surface area contributed by atoms with E-state index in [2.05, 4.69) is 26.0 Å². The SMILES string of the molecule is CCCCCCCC(=O)N(Cc1ccc2c(c1)OCO2)C(C)c1ccccc1. The first kappa shape index (κ1) is 20.2. The highest BCUT2D eigenvalue weighted by molar-refractivity contribution is 5.76. The number of hydrogen-bond acceptors (Lipinski definition) is 3. The first-order chi connectivity index (χ1) is 13.7. The van der Waals surface area contributed by atoms with Gasteiger partial charge in [0, 0.05) is 13.0 Å². The maximum Gasteiger partial charge on any atom is 0.231 e. The van der Waals surface area contributed by atoms with Crippen molar-refractivity contribution in [3.8, 4) is 11.5 Å². The van der Waals surface area contributed by atoms with E-state index in [1.807, 2.05) is 41.3 Å². The predicted octanol–water partition coefficient (Wildman–Crippen LogP) is 5.87. The van der Waals surface area contributed by atoms with Gasteiger partial charge in [-0.2, -0.15) is 0 Å². The molecule has 1 unspecified atom stereocenters. The molecule has 0 fully saturated rings. The minimum absolute atomic E-state index is 0.0229. The van der Waals surface area contributed by atoms with E-state index in [9.17, 15) is 4.79 Å². The molecule has 1 aliphatic heterocycles. The molecule has 2 aromatic carbocycles. The van der Waals surface area contributed by atoms with Crippen LogP contribution >= 0.6 is 0 Å². The lowest BCUT2D eigenvalue weighted by molar-refractivity contribution is -0.134. The number of carbonyl (C=O) groups excluding carboxylic acids is 1. The van der Waals surface area contributed by atoms with Crippen LogP contribution in [0.3, 0.4) is 0 Å². The van der Waals surface area contributed by atoms with Gasteiger partial charge in [-0.05, 0) is 36.6 Å². The average molecular weight is 382 g/mol. The van der Waals surface area contributed by atoms with Gasteiger partial charge >= 0.3 is 0 Å². The number of rotatable bonds is 10. The lowest BCUT2D eigenvalue weighted by Gasteiger charge is -2.30. The number of unbranched alkanes of at least 4 members (excludes halogenated alkanes) is 4. The number of amides is 1. The second kappa shape index (κ2) is 10.2. The standard InChI is InChI=1S/C24H31NO3/c1-3-4-5-6-10-13-24(26)25(19(2)21-11-8-7-9-12-21)17-20-14-15-22-23(16-20)28-18-27-22/h7-9,11-12,14-16,19H,3-6,10,13,17-18H2,1-2H3. The van der Waals surface area contributed by atoms with Crippen molar-refractivity contribution in [1.29, 1.82) is 0 Å². The van der Waals surface area contributed by atoms with E-state index in [0.717, 1.165) is 35.5 Å². The van der Waals surface area contributed by atoms with Gasteiger partial charge in [-0.15, -0.1) is 0 Å². The van der Waals surface area contributed by atoms with E-state index in [1.165, 1.54) is 19.3 Å². The zero-order valence-corrected chi connectivity index (χ0v) is 17.0. The Morgan fingerprint density at radius 2 is 1.75 bits per heavy atom. The molecule has 2 aromatic rings. The van der Waals surface area contributed by atoms with Crippen molar-refractivity contribution < 1.29 is 14.3 Å². The van der Waals surface area contributed by atoms with E-state index in [1.54, 1.807) is 0 Å². The number of hydrogen-bond donors (Lipinski definition) is 0. The van der Waals surface area contributed by atoms with Crippen LogP contribution in [0.2, 0.25) is 0 Å². The molecule has 1 atom stereocenters. The molecule has 0 bridgehead atoms. The number of fused-ring (bicyclic) bond motifs is 1. The molecule has 3 rings (SSSR count). The Morgan fingerprint density at radius 1 is 1.00 bits per heavy atom. The van der Waals surface area contributed by atoms with Crippen molar-refractivity contribution in [1.82, 2.24) is 4.90 Å². The minimum Gasteiger partial charge on any atom is -0.454 e. The van der Waals surface area contributed by atoms with Gasteiger partial charge < -0.3 is 14.4 Å². The maximum absolute atomic E-state index is 13.1. The Bertz CT molecular complexity index is 760. The number of ether oxygens (including phenoxy) is 2. The molecule has 4 heteroatoms. The van der Waals surface area contributed by atoms with Crippen molar-refractivity contribution in [3.63, 3.8) is 0 Å². The molecule has 0 saturated carbocycles. The van der Waals surface area contributed by atoms with Gasteiger partial charge in [0.05, 0.1) is 6.04 Å². The molecule has 0 spiro atoms. The van der Waals surface area contributed by atoms with Crippen molar-refractivity contribution in [2.75, 3.05) is 6.79 Å². The molecular formula is C24H31NO3. The normalized spacial score (nSPS) is 13.4. The summed E-state index contributed by atoms with van der Waals surface area (Å²) >= 11 is 0. The van der Waals surface area contributed by atoms with Gasteiger partial charge in [-0.3, -0.25) is 4.79 Å². The molecule has 28 heavy (non-hydrogen) atoms. The Morgan fingerprint density at radius 3 is 2.54 bits per heavy atom. The molecule has 4 nitrogen and oxygen atoms in total. The van der Waals surface area contributed by atoms with Crippen molar-refractivity contribution in [2.24, 2.45) is 0 Å². The number of nitrogens with zero attached hydrogens (tertiary/aromatic N) is 1. The predicted molar refractivity (Wildman–Crippen MR) is 111 cm³/mol. The quantitative estimate of drug-likeness (QED) is 0.483. The van der Waals surface area contributed by atoms with Gasteiger partial charge in [-0.1, -0.05) is 69.0 Å². The minimum atomic E-state index is 0.0229. The van der Waals surface area contributed by atoms with Crippen LogP contribution in [0.1, 0.15) is 69.5 Å². The fourth-order valence-electron chi connectivity index (χ4n) is 3.61. The molecule has 150 valence electrons. The van der Waals surface area contributed by atoms with E-state index in [0.29, 0.717) is 13.0 Å². The fourth-order valence-corrected chi connectivity index (χ4v) is 3.61. The monoisotopic (exact) mass is 381 g/mol. The summed E-state index contributed by atoms with van der Waals surface area (Å²) in [6.07, 6.45) is 6.35. The van der Waals surface area contributed by atoms with Crippen LogP contribution in [0, 0.1) is 0 Å². The van der Waals surface area contributed by atoms with E-state index in [-0.39, 0.29) is 18.7 Å². The summed E-state index contributed by atoms with van der Waals surface area (Å²) in [5.41, 5.74) is 2.22. The van der Waals surface area contributed by atoms with Crippen LogP contribution in [0.4, 0.5) is 0 Å². The molecule has 0 aliphatic carbocycles. The molecule has 1 aliphatic rings. The zero-order chi connectivity index (χ0) is 19.8. The molecule has 1 amide bonds. The van der Waals surface area contributed by atoms with Crippen LogP contribution in [0.15, 0.2) is 48.5 Å². The third-order valence-electron chi connectivity index (χ3n) is 5.35. The van der Waals surface area contributed by atoms with Gasteiger partial charge in [0.15, 0.2) is 11.5 Å². The van der Waals surface area contributed by atoms with Gasteiger partial charge in [-0.25, -0.2) is 0 Å². The molecule has 0 N–H and O–H groups in total. The molecule has 0 aromatic heterocycles. The third-order valence-corrected chi connectivity index (χ3v) is 5.35. The fraction of sp³-hybridized carbons (Fsp3) is 0.458. The summed E-state index contributed by atoms with van der Waals surface area (Å²) in [6.45, 7) is 5.15. The summed E-state index contributed by atoms with van der Waals surface area (Å²) in [5.74, 6) is 1.75. The second-order valence-electron chi connectivity index (χ2n) is 7.46. The molecule has 0 saturated heterocycles. The Kier molecular flexibility index (Phi) is 7.35. The number of carbonyl (C=O) groups is 1. The summed E-state index contributed by atoms with van der Waals surface area (Å²) < 4.78 is 10.9. The summed E-state index contributed by atoms with van der Waals surface area (Å²) in [7, 11) is 0. The molecule has 0 radical (unpaired) electrons. The molecule has 1 heterocycles. The highest BCUT2D eigenvalue weighted by Gasteiger charge is 2.22. The summed E-state index contributed by atoms with van der Waals surface area (Å²) in [5, 5.41) is 0. The smallest absolute Gasteiger partial charge is 0.231 e. The first-order valence-electron chi connectivity index (χ1n) is 10.4. The van der Waals surface area contributed by atoms with Crippen LogP contribution in [-0.2, 0) is 11.3 Å². The first-order valence-corrected chi connectivity index (χ1v) is 10.4. The van der Waals surface area contributed by atoms with Gasteiger partial charge in [0.2, 0.25) is 12.7 Å². The van der Waals surface area contributed by atoms with Crippen LogP contribution in [0.25, 0.3) is 0 Å². The third kappa shape index (κ3) is 5.28. The van der Waals surface area contributed by atoms with Crippen LogP contribution < -0.4 is 9.47 Å². The topological polar surface area (TPSA) is 38.8 Å². The maximum atomic E-state index is 13.1. The van der Waals surface area contributed by atoms with Crippen molar-refractivity contribution in [2.45, 2.75) is 65.0 Å². The number of benzene rings is 2. The van der Waals surface area contributed by atoms with Crippen LogP contribution in [-0.4, -0.2) is 17.6 Å². The van der Waals surface area contributed by atoms with E-state index in [4.69, 9.17) is 9.47 Å². The van der Waals surface area contributed by atoms with E-state index >= 15 is 0 Å². The van der Waals surface area contributed by atoms with Gasteiger partial charge in [0.1, 0.15) is 0 Å². The molecular weight excluding hydrogens is 350 g/mol. The highest BCUT2D eigenvalue weighted by Crippen LogP contribution is 2.33. The van der Waals surface area contributed by atoms with Crippen molar-refractivity contribution >= 4 is 5.91 Å². The lowest BCUT2D eigenvalue weighted by Crippen LogP contribution is -2.33.